The van der Waals surface area contributed by atoms with Crippen molar-refractivity contribution in [2.75, 3.05) is 26.5 Å². The minimum Gasteiger partial charge on any atom is -0.494 e. The molecule has 3 N–H and O–H groups in total. The number of furan rings is 1. The first-order valence-electron chi connectivity index (χ1n) is 18.5. The molecule has 2 atom stereocenters. The number of unbranched alkanes of at least 4 members (excludes halogenated alkanes) is 4. The van der Waals surface area contributed by atoms with Crippen LogP contribution >= 0.6 is 7.60 Å². The summed E-state index contributed by atoms with van der Waals surface area (Å²) in [6.07, 6.45) is 6.07. The largest absolute Gasteiger partial charge is 0.494 e. The van der Waals surface area contributed by atoms with E-state index in [9.17, 15) is 23.7 Å². The number of carbonyl (C=O) groups excluding carboxylic acids is 4. The van der Waals surface area contributed by atoms with Crippen molar-refractivity contribution in [1.82, 2.24) is 21.0 Å². The molecule has 0 fully saturated rings. The molecule has 292 valence electrons. The van der Waals surface area contributed by atoms with E-state index in [4.69, 9.17) is 23.0 Å². The predicted molar refractivity (Wildman–Crippen MR) is 199 cm³/mol. The van der Waals surface area contributed by atoms with Crippen molar-refractivity contribution >= 4 is 37.2 Å². The maximum atomic E-state index is 14.0. The zero-order chi connectivity index (χ0) is 38.5. The Kier molecular flexibility index (Phi) is 20.1. The van der Waals surface area contributed by atoms with Crippen LogP contribution in [0, 0.1) is 5.92 Å². The molecule has 2 rings (SSSR count). The Hall–Kier alpha value is -3.87. The first-order chi connectivity index (χ1) is 25.0. The maximum Gasteiger partial charge on any atom is 0.431 e. The molecule has 0 saturated carbocycles. The van der Waals surface area contributed by atoms with Gasteiger partial charge in [-0.2, -0.15) is 5.06 Å². The first-order valence-corrected chi connectivity index (χ1v) is 20.1. The molecule has 1 heterocycles. The van der Waals surface area contributed by atoms with Crippen LogP contribution in [0.25, 0.3) is 11.3 Å². The molecule has 2 aromatic rings. The zero-order valence-electron chi connectivity index (χ0n) is 31.9. The van der Waals surface area contributed by atoms with Crippen molar-refractivity contribution in [3.8, 4) is 17.1 Å². The zero-order valence-corrected chi connectivity index (χ0v) is 32.8. The third-order valence-electron chi connectivity index (χ3n) is 8.03. The van der Waals surface area contributed by atoms with Crippen LogP contribution in [0.3, 0.4) is 0 Å². The molecule has 15 heteroatoms. The summed E-state index contributed by atoms with van der Waals surface area (Å²) in [7, 11) is -3.71. The van der Waals surface area contributed by atoms with Gasteiger partial charge in [0, 0.05) is 11.6 Å². The fraction of sp³-hybridized carbons (Fsp3) is 0.622. The van der Waals surface area contributed by atoms with Gasteiger partial charge in [0.25, 0.3) is 5.91 Å². The molecule has 0 aliphatic rings. The lowest BCUT2D eigenvalue weighted by Crippen LogP contribution is -2.50. The Morgan fingerprint density at radius 3 is 2.15 bits per heavy atom. The van der Waals surface area contributed by atoms with E-state index in [-0.39, 0.29) is 31.7 Å². The standard InChI is InChI=1S/C37H59N4O10P/c1-8-13-16-17-31(32(11-4)41(26-42)51-37(45)40-27(6)7)35(43)38-25-39-36(44)34-19-18-33(50-34)28-22-29(47-12-5)24-30(23-28)52(46,48-20-14-9-2)49-21-15-10-3/h18-19,22-24,26-27,31-32H,8-17,20-21,25H2,1-7H3,(H,38,43)(H,39,44)(H,40,45)/t31-,32-/m1/s1. The number of carbonyl (C=O) groups is 4. The second-order valence-corrected chi connectivity index (χ2v) is 14.7. The number of hydrogen-bond acceptors (Lipinski definition) is 10. The van der Waals surface area contributed by atoms with E-state index in [0.717, 1.165) is 50.0 Å². The van der Waals surface area contributed by atoms with Gasteiger partial charge in [0.15, 0.2) is 5.76 Å². The van der Waals surface area contributed by atoms with Crippen LogP contribution in [-0.4, -0.2) is 68.0 Å². The normalized spacial score (nSPS) is 12.5. The van der Waals surface area contributed by atoms with Crippen molar-refractivity contribution in [3.63, 3.8) is 0 Å². The average molecular weight is 751 g/mol. The second-order valence-electron chi connectivity index (χ2n) is 12.6. The van der Waals surface area contributed by atoms with Crippen LogP contribution in [0.15, 0.2) is 34.7 Å². The molecule has 0 aliphatic carbocycles. The second kappa shape index (κ2) is 23.6. The summed E-state index contributed by atoms with van der Waals surface area (Å²) in [5.41, 5.74) is 0.510. The summed E-state index contributed by atoms with van der Waals surface area (Å²) in [5, 5.41) is 9.15. The molecule has 52 heavy (non-hydrogen) atoms. The van der Waals surface area contributed by atoms with Crippen molar-refractivity contribution in [2.24, 2.45) is 5.92 Å². The molecule has 14 nitrogen and oxygen atoms in total. The van der Waals surface area contributed by atoms with Gasteiger partial charge in [-0.25, -0.2) is 4.79 Å². The molecule has 0 unspecified atom stereocenters. The van der Waals surface area contributed by atoms with E-state index in [1.807, 2.05) is 27.7 Å². The smallest absolute Gasteiger partial charge is 0.431 e. The fourth-order valence-electron chi connectivity index (χ4n) is 5.30. The number of nitrogens with one attached hydrogen (secondary N) is 3. The molecule has 1 aromatic carbocycles. The van der Waals surface area contributed by atoms with Crippen LogP contribution in [0.1, 0.15) is 117 Å². The number of benzene rings is 1. The summed E-state index contributed by atoms with van der Waals surface area (Å²) in [6, 6.07) is 7.20. The van der Waals surface area contributed by atoms with E-state index in [1.54, 1.807) is 45.0 Å². The van der Waals surface area contributed by atoms with Crippen LogP contribution in [0.2, 0.25) is 0 Å². The minimum absolute atomic E-state index is 0.0168. The van der Waals surface area contributed by atoms with Gasteiger partial charge >= 0.3 is 13.7 Å². The Bertz CT molecular complexity index is 1440. The van der Waals surface area contributed by atoms with Gasteiger partial charge in [-0.15, -0.1) is 0 Å². The van der Waals surface area contributed by atoms with E-state index in [2.05, 4.69) is 16.0 Å². The van der Waals surface area contributed by atoms with E-state index >= 15 is 0 Å². The van der Waals surface area contributed by atoms with Crippen molar-refractivity contribution in [3.05, 3.63) is 36.1 Å². The lowest BCUT2D eigenvalue weighted by molar-refractivity contribution is -0.169. The lowest BCUT2D eigenvalue weighted by Gasteiger charge is -2.32. The highest BCUT2D eigenvalue weighted by atomic mass is 31.2. The third kappa shape index (κ3) is 14.3. The number of amides is 4. The Morgan fingerprint density at radius 1 is 0.904 bits per heavy atom. The van der Waals surface area contributed by atoms with Gasteiger partial charge in [-0.05, 0) is 76.8 Å². The van der Waals surface area contributed by atoms with Crippen molar-refractivity contribution in [2.45, 2.75) is 118 Å². The summed E-state index contributed by atoms with van der Waals surface area (Å²) in [5.74, 6) is -0.950. The minimum atomic E-state index is -3.71. The molecule has 0 saturated heterocycles. The third-order valence-corrected chi connectivity index (χ3v) is 9.96. The topological polar surface area (TPSA) is 175 Å². The monoisotopic (exact) mass is 750 g/mol. The number of hydroxylamine groups is 2. The SMILES string of the molecule is CCCCC[C@@H](C(=O)NCNC(=O)c1ccc(-c2cc(OCC)cc(P(=O)(OCCCC)OCCCC)c2)o1)[C@@H](CC)N(C=O)OC(=O)NC(C)C. The highest BCUT2D eigenvalue weighted by Gasteiger charge is 2.34. The van der Waals surface area contributed by atoms with E-state index in [1.165, 1.54) is 6.07 Å². The summed E-state index contributed by atoms with van der Waals surface area (Å²) >= 11 is 0. The number of nitrogens with zero attached hydrogens (tertiary/aromatic N) is 1. The lowest BCUT2D eigenvalue weighted by atomic mass is 9.90. The van der Waals surface area contributed by atoms with Crippen LogP contribution in [0.4, 0.5) is 4.79 Å². The molecule has 0 aliphatic heterocycles. The first kappa shape index (κ1) is 44.3. The predicted octanol–water partition coefficient (Wildman–Crippen LogP) is 7.08. The van der Waals surface area contributed by atoms with Crippen LogP contribution in [0.5, 0.6) is 5.75 Å². The van der Waals surface area contributed by atoms with Gasteiger partial charge in [-0.1, -0.05) is 59.8 Å². The van der Waals surface area contributed by atoms with E-state index in [0.29, 0.717) is 48.2 Å². The Balaban J connectivity index is 2.23. The molecule has 0 radical (unpaired) electrons. The van der Waals surface area contributed by atoms with Crippen molar-refractivity contribution in [1.29, 1.82) is 0 Å². The fourth-order valence-corrected chi connectivity index (χ4v) is 7.00. The molecular weight excluding hydrogens is 691 g/mol. The van der Waals surface area contributed by atoms with Gasteiger partial charge in [-0.3, -0.25) is 18.9 Å². The molecule has 0 spiro atoms. The maximum absolute atomic E-state index is 14.0. The summed E-state index contributed by atoms with van der Waals surface area (Å²) in [4.78, 5) is 56.0. The Labute approximate surface area is 308 Å². The number of hydrogen-bond donors (Lipinski definition) is 3. The number of rotatable bonds is 26. The van der Waals surface area contributed by atoms with Gasteiger partial charge < -0.3 is 39.0 Å². The van der Waals surface area contributed by atoms with E-state index < -0.39 is 37.5 Å². The van der Waals surface area contributed by atoms with Crippen LogP contribution in [-0.2, 0) is 28.0 Å². The van der Waals surface area contributed by atoms with Gasteiger partial charge in [0.05, 0.1) is 43.8 Å². The average Bonchev–Trinajstić information content (AvgIpc) is 3.61. The van der Waals surface area contributed by atoms with Gasteiger partial charge in [0.1, 0.15) is 11.5 Å². The highest BCUT2D eigenvalue weighted by Crippen LogP contribution is 2.49. The number of ether oxygens (including phenoxy) is 1. The molecule has 4 amide bonds. The quantitative estimate of drug-likeness (QED) is 0.0296. The molecular formula is C37H59N4O10P. The Morgan fingerprint density at radius 2 is 1.58 bits per heavy atom. The van der Waals surface area contributed by atoms with Crippen LogP contribution < -0.4 is 26.0 Å². The molecule has 0 bridgehead atoms. The van der Waals surface area contributed by atoms with Crippen molar-refractivity contribution < 1.29 is 46.8 Å². The van der Waals surface area contributed by atoms with Gasteiger partial charge in [0.2, 0.25) is 12.3 Å². The summed E-state index contributed by atoms with van der Waals surface area (Å²) < 4.78 is 37.4. The molecule has 1 aromatic heterocycles. The summed E-state index contributed by atoms with van der Waals surface area (Å²) in [6.45, 7) is 13.9. The highest BCUT2D eigenvalue weighted by molar-refractivity contribution is 7.62.